The van der Waals surface area contributed by atoms with Gasteiger partial charge in [0.15, 0.2) is 0 Å². The van der Waals surface area contributed by atoms with E-state index in [1.54, 1.807) is 38.1 Å². The predicted octanol–water partition coefficient (Wildman–Crippen LogP) is 16.7. The molecule has 2 aromatic heterocycles. The summed E-state index contributed by atoms with van der Waals surface area (Å²) in [6.45, 7) is 17.9. The molecule has 0 saturated carbocycles. The average Bonchev–Trinajstić information content (AvgIpc) is 2.91. The maximum Gasteiger partial charge on any atom is 0.338 e. The zero-order chi connectivity index (χ0) is 59.5. The maximum absolute atomic E-state index is 13.2. The number of fused-ring (bicyclic) bond motifs is 2. The Morgan fingerprint density at radius 1 is 0.518 bits per heavy atom. The van der Waals surface area contributed by atoms with Gasteiger partial charge in [0.05, 0.1) is 35.9 Å². The van der Waals surface area contributed by atoms with Gasteiger partial charge in [0.25, 0.3) is 5.91 Å². The molecule has 0 radical (unpaired) electrons. The van der Waals surface area contributed by atoms with Crippen LogP contribution in [0.3, 0.4) is 0 Å². The van der Waals surface area contributed by atoms with Crippen LogP contribution in [-0.2, 0) is 22.6 Å². The van der Waals surface area contributed by atoms with Crippen molar-refractivity contribution in [2.45, 2.75) is 80.6 Å². The molecular weight excluding hydrogens is 1170 g/mol. The highest BCUT2D eigenvalue weighted by molar-refractivity contribution is 9.10. The third-order valence-electron chi connectivity index (χ3n) is 15.0. The van der Waals surface area contributed by atoms with Crippen LogP contribution in [0.4, 0.5) is 0 Å². The number of carboxylic acids is 1. The number of aromatic carboxylic acids is 1. The molecule has 10 aromatic rings. The molecule has 0 aliphatic carbocycles. The van der Waals surface area contributed by atoms with Crippen LogP contribution in [0.2, 0.25) is 0 Å². The Bertz CT molecular complexity index is 3940. The number of carbonyl (C=O) groups excluding carboxylic acids is 3. The number of halogens is 2. The van der Waals surface area contributed by atoms with Crippen molar-refractivity contribution in [1.82, 2.24) is 14.5 Å². The predicted molar refractivity (Wildman–Crippen MR) is 340 cm³/mol. The van der Waals surface area contributed by atoms with Gasteiger partial charge in [-0.15, -0.1) is 0 Å². The van der Waals surface area contributed by atoms with E-state index in [1.165, 1.54) is 11.1 Å². The monoisotopic (exact) mass is 1230 g/mol. The van der Waals surface area contributed by atoms with Gasteiger partial charge in [-0.05, 0) is 196 Å². The summed E-state index contributed by atoms with van der Waals surface area (Å²) in [4.78, 5) is 48.7. The average molecular weight is 1240 g/mol. The minimum absolute atomic E-state index is 0.0938. The van der Waals surface area contributed by atoms with Gasteiger partial charge in [0, 0.05) is 66.8 Å². The lowest BCUT2D eigenvalue weighted by atomic mass is 9.98. The number of nitrogens with zero attached hydrogens (tertiary/aromatic N) is 2. The van der Waals surface area contributed by atoms with Crippen LogP contribution in [-0.4, -0.2) is 51.3 Å². The Balaban J connectivity index is 0.000000189. The van der Waals surface area contributed by atoms with Gasteiger partial charge in [-0.3, -0.25) is 4.79 Å². The summed E-state index contributed by atoms with van der Waals surface area (Å²) >= 11 is 6.82. The van der Waals surface area contributed by atoms with Crippen LogP contribution >= 0.6 is 31.9 Å². The number of carboxylic acid groups (broad SMARTS) is 1. The summed E-state index contributed by atoms with van der Waals surface area (Å²) in [5.74, 6) is -1.65. The zero-order valence-electron chi connectivity index (χ0n) is 47.9. The smallest absolute Gasteiger partial charge is 0.338 e. The second-order valence-electron chi connectivity index (χ2n) is 20.4. The Kier molecular flexibility index (Phi) is 20.2. The number of amides is 1. The molecule has 2 atom stereocenters. The minimum atomic E-state index is -0.923. The molecular formula is C70H68Br2N4O7. The van der Waals surface area contributed by atoms with Crippen molar-refractivity contribution < 1.29 is 33.8 Å². The largest absolute Gasteiger partial charge is 0.478 e. The summed E-state index contributed by atoms with van der Waals surface area (Å²) < 4.78 is 16.8. The molecule has 10 rings (SSSR count). The molecule has 11 nitrogen and oxygen atoms in total. The molecule has 0 bridgehead atoms. The molecule has 0 saturated heterocycles. The van der Waals surface area contributed by atoms with Gasteiger partial charge in [-0.2, -0.15) is 0 Å². The lowest BCUT2D eigenvalue weighted by Crippen LogP contribution is -2.26. The maximum atomic E-state index is 13.2. The molecule has 83 heavy (non-hydrogen) atoms. The second-order valence-corrected chi connectivity index (χ2v) is 22.2. The van der Waals surface area contributed by atoms with Crippen molar-refractivity contribution in [2.75, 3.05) is 13.2 Å². The van der Waals surface area contributed by atoms with Crippen molar-refractivity contribution >= 4 is 77.5 Å². The summed E-state index contributed by atoms with van der Waals surface area (Å²) in [5.41, 5.74) is 23.1. The number of ether oxygens (including phenoxy) is 2. The fraction of sp³-hybridized carbons (Fsp3) is 0.200. The van der Waals surface area contributed by atoms with Crippen molar-refractivity contribution in [1.29, 1.82) is 0 Å². The van der Waals surface area contributed by atoms with Crippen molar-refractivity contribution in [2.24, 2.45) is 5.73 Å². The first kappa shape index (κ1) is 60.7. The number of benzene rings is 8. The number of rotatable bonds is 15. The molecule has 424 valence electrons. The molecule has 1 amide bonds. The Labute approximate surface area is 502 Å². The standard InChI is InChI=1S/C35H33BrN2O3.C27H25NO4.C8H10BrN/c1-5-41-35(40)27-12-10-26(11-13-27)31-9-7-6-8-29(31)21-38-24(4)22(2)32-20-28(16-19-33(32)38)34(39)37-23(3)25-14-17-30(36)18-15-25;1-4-32-27(31)20-11-9-19(10-12-20)23-8-6-5-7-22(23)16-28-18(3)17(2)24-15-21(26(29)30)13-14-25(24)28;1-6(10)7-2-4-8(9)5-3-7/h6-20,23H,5,21H2,1-4H3,(H,37,39);5-15H,4,16H2,1-3H3,(H,29,30);2-6H,10H2,1H3/t23-;;6-/m0.0/s1. The number of nitrogens with two attached hydrogens (primary N) is 1. The van der Waals surface area contributed by atoms with E-state index in [0.717, 1.165) is 86.6 Å². The normalized spacial score (nSPS) is 11.7. The molecule has 4 N–H and O–H groups in total. The van der Waals surface area contributed by atoms with E-state index >= 15 is 0 Å². The van der Waals surface area contributed by atoms with Gasteiger partial charge in [0.1, 0.15) is 0 Å². The van der Waals surface area contributed by atoms with E-state index in [-0.39, 0.29) is 29.9 Å². The Morgan fingerprint density at radius 2 is 0.904 bits per heavy atom. The van der Waals surface area contributed by atoms with Gasteiger partial charge < -0.3 is 34.8 Å². The van der Waals surface area contributed by atoms with Gasteiger partial charge in [0.2, 0.25) is 0 Å². The lowest BCUT2D eigenvalue weighted by molar-refractivity contribution is 0.0517. The Morgan fingerprint density at radius 3 is 1.31 bits per heavy atom. The fourth-order valence-electron chi connectivity index (χ4n) is 10.1. The molecule has 2 heterocycles. The SMILES string of the molecule is CCOC(=O)c1ccc(-c2ccccc2Cn2c(C)c(C)c3cc(C(=O)N[C@@H](C)c4ccc(Br)cc4)ccc32)cc1.CCOC(=O)c1ccc(-c2ccccc2Cn2c(C)c(C)c3cc(C(=O)O)ccc32)cc1.C[C@H](N)c1ccc(Br)cc1. The van der Waals surface area contributed by atoms with Crippen molar-refractivity contribution in [3.63, 3.8) is 0 Å². The number of hydrogen-bond donors (Lipinski definition) is 3. The minimum Gasteiger partial charge on any atom is -0.478 e. The molecule has 0 fully saturated rings. The number of aromatic nitrogens is 2. The van der Waals surface area contributed by atoms with Gasteiger partial charge in [-0.1, -0.05) is 129 Å². The van der Waals surface area contributed by atoms with Crippen LogP contribution in [0, 0.1) is 27.7 Å². The topological polar surface area (TPSA) is 155 Å². The molecule has 0 unspecified atom stereocenters. The first-order valence-corrected chi connectivity index (χ1v) is 29.2. The van der Waals surface area contributed by atoms with Crippen LogP contribution < -0.4 is 11.1 Å². The molecule has 0 aliphatic heterocycles. The quantitative estimate of drug-likeness (QED) is 0.0857. The van der Waals surface area contributed by atoms with Gasteiger partial charge >= 0.3 is 17.9 Å². The first-order chi connectivity index (χ1) is 39.9. The number of esters is 2. The van der Waals surface area contributed by atoms with E-state index in [2.05, 4.69) is 97.4 Å². The van der Waals surface area contributed by atoms with Gasteiger partial charge in [-0.25, -0.2) is 14.4 Å². The number of hydrogen-bond acceptors (Lipinski definition) is 7. The van der Waals surface area contributed by atoms with Crippen molar-refractivity contribution in [3.8, 4) is 22.3 Å². The summed E-state index contributed by atoms with van der Waals surface area (Å²) in [6.07, 6.45) is 0. The molecule has 13 heteroatoms. The second kappa shape index (κ2) is 27.6. The van der Waals surface area contributed by atoms with Crippen LogP contribution in [0.25, 0.3) is 44.1 Å². The third kappa shape index (κ3) is 14.5. The van der Waals surface area contributed by atoms with E-state index < -0.39 is 5.97 Å². The van der Waals surface area contributed by atoms with E-state index in [4.69, 9.17) is 15.2 Å². The summed E-state index contributed by atoms with van der Waals surface area (Å²) in [5, 5.41) is 14.5. The summed E-state index contributed by atoms with van der Waals surface area (Å²) in [6, 6.07) is 58.8. The first-order valence-electron chi connectivity index (χ1n) is 27.6. The number of nitrogens with one attached hydrogen (secondary N) is 1. The van der Waals surface area contributed by atoms with E-state index in [1.807, 2.05) is 148 Å². The van der Waals surface area contributed by atoms with Crippen LogP contribution in [0.15, 0.2) is 191 Å². The summed E-state index contributed by atoms with van der Waals surface area (Å²) in [7, 11) is 0. The third-order valence-corrected chi connectivity index (χ3v) is 16.1. The molecule has 0 spiro atoms. The van der Waals surface area contributed by atoms with E-state index in [9.17, 15) is 24.3 Å². The Hall–Kier alpha value is -8.36. The highest BCUT2D eigenvalue weighted by Gasteiger charge is 2.19. The highest BCUT2D eigenvalue weighted by atomic mass is 79.9. The van der Waals surface area contributed by atoms with E-state index in [0.29, 0.717) is 48.6 Å². The highest BCUT2D eigenvalue weighted by Crippen LogP contribution is 2.33. The fourth-order valence-corrected chi connectivity index (χ4v) is 10.6. The lowest BCUT2D eigenvalue weighted by Gasteiger charge is -2.15. The molecule has 0 aliphatic rings. The van der Waals surface area contributed by atoms with Crippen molar-refractivity contribution in [3.05, 3.63) is 258 Å². The number of aryl methyl sites for hydroxylation is 2. The number of carbonyl (C=O) groups is 4. The van der Waals surface area contributed by atoms with Crippen LogP contribution in [0.5, 0.6) is 0 Å². The van der Waals surface area contributed by atoms with Crippen LogP contribution in [0.1, 0.15) is 126 Å². The zero-order valence-corrected chi connectivity index (χ0v) is 51.1. The molecule has 8 aromatic carbocycles.